The second kappa shape index (κ2) is 4.42. The molecule has 2 heterocycles. The maximum Gasteiger partial charge on any atom is 0.160 e. The van der Waals surface area contributed by atoms with Crippen LogP contribution in [0.5, 0.6) is 0 Å². The van der Waals surface area contributed by atoms with Gasteiger partial charge >= 0.3 is 0 Å². The van der Waals surface area contributed by atoms with Crippen LogP contribution in [0.1, 0.15) is 11.9 Å². The minimum atomic E-state index is -0.0702. The molecule has 5 nitrogen and oxygen atoms in total. The number of nitrogens with two attached hydrogens (primary N) is 1. The van der Waals surface area contributed by atoms with Crippen molar-refractivity contribution in [2.24, 2.45) is 0 Å². The van der Waals surface area contributed by atoms with Gasteiger partial charge < -0.3 is 15.4 Å². The second-order valence-electron chi connectivity index (χ2n) is 3.58. The summed E-state index contributed by atoms with van der Waals surface area (Å²) in [6, 6.07) is 0. The largest absolute Gasteiger partial charge is 0.383 e. The van der Waals surface area contributed by atoms with Crippen LogP contribution in [0.4, 0.5) is 5.82 Å². The molecule has 1 aliphatic heterocycles. The predicted octanol–water partition coefficient (Wildman–Crippen LogP) is 0.824. The van der Waals surface area contributed by atoms with Crippen molar-refractivity contribution in [3.63, 3.8) is 0 Å². The van der Waals surface area contributed by atoms with Crippen LogP contribution >= 0.6 is 15.9 Å². The van der Waals surface area contributed by atoms with E-state index in [1.807, 2.05) is 0 Å². The van der Waals surface area contributed by atoms with E-state index in [0.717, 1.165) is 17.6 Å². The first-order valence-electron chi connectivity index (χ1n) is 4.75. The first-order valence-corrected chi connectivity index (χ1v) is 5.54. The molecule has 15 heavy (non-hydrogen) atoms. The molecule has 82 valence electrons. The highest BCUT2D eigenvalue weighted by Gasteiger charge is 2.22. The van der Waals surface area contributed by atoms with Gasteiger partial charge in [-0.05, 0) is 23.0 Å². The van der Waals surface area contributed by atoms with Crippen molar-refractivity contribution in [2.75, 3.05) is 32.5 Å². The number of hydrogen-bond acceptors (Lipinski definition) is 5. The monoisotopic (exact) mass is 272 g/mol. The van der Waals surface area contributed by atoms with Crippen molar-refractivity contribution in [3.05, 3.63) is 16.5 Å². The van der Waals surface area contributed by atoms with Crippen LogP contribution in [-0.2, 0) is 4.74 Å². The summed E-state index contributed by atoms with van der Waals surface area (Å²) in [7, 11) is 2.05. The Morgan fingerprint density at radius 1 is 1.67 bits per heavy atom. The molecule has 1 aromatic heterocycles. The summed E-state index contributed by atoms with van der Waals surface area (Å²) in [6.07, 6.45) is 1.59. The molecule has 1 aliphatic rings. The summed E-state index contributed by atoms with van der Waals surface area (Å²) < 4.78 is 6.31. The van der Waals surface area contributed by atoms with Gasteiger partial charge in [-0.1, -0.05) is 0 Å². The summed E-state index contributed by atoms with van der Waals surface area (Å²) in [6.45, 7) is 2.46. The lowest BCUT2D eigenvalue weighted by atomic mass is 10.2. The molecule has 2 N–H and O–H groups in total. The quantitative estimate of drug-likeness (QED) is 0.820. The lowest BCUT2D eigenvalue weighted by Gasteiger charge is -2.29. The highest BCUT2D eigenvalue weighted by atomic mass is 79.9. The minimum Gasteiger partial charge on any atom is -0.383 e. The number of nitrogen functional groups attached to an aromatic ring is 1. The average Bonchev–Trinajstić information content (AvgIpc) is 2.22. The normalized spacial score (nSPS) is 22.9. The van der Waals surface area contributed by atoms with E-state index in [-0.39, 0.29) is 6.10 Å². The molecule has 0 aromatic carbocycles. The van der Waals surface area contributed by atoms with Gasteiger partial charge in [-0.15, -0.1) is 0 Å². The Balaban J connectivity index is 2.18. The zero-order valence-electron chi connectivity index (χ0n) is 8.48. The number of anilines is 1. The summed E-state index contributed by atoms with van der Waals surface area (Å²) in [5.74, 6) is 1.11. The molecule has 1 aromatic rings. The fraction of sp³-hybridized carbons (Fsp3) is 0.556. The molecule has 6 heteroatoms. The smallest absolute Gasteiger partial charge is 0.160 e. The lowest BCUT2D eigenvalue weighted by Crippen LogP contribution is -2.36. The third-order valence-electron chi connectivity index (χ3n) is 2.35. The predicted molar refractivity (Wildman–Crippen MR) is 60.3 cm³/mol. The first-order chi connectivity index (χ1) is 7.16. The molecule has 1 fully saturated rings. The van der Waals surface area contributed by atoms with E-state index < -0.39 is 0 Å². The van der Waals surface area contributed by atoms with Crippen LogP contribution in [0.3, 0.4) is 0 Å². The number of likely N-dealkylation sites (N-methyl/N-ethyl adjacent to an activating group) is 1. The van der Waals surface area contributed by atoms with Crippen molar-refractivity contribution in [3.8, 4) is 0 Å². The van der Waals surface area contributed by atoms with Crippen molar-refractivity contribution in [2.45, 2.75) is 6.10 Å². The molecule has 1 saturated heterocycles. The van der Waals surface area contributed by atoms with Gasteiger partial charge in [0, 0.05) is 19.3 Å². The van der Waals surface area contributed by atoms with E-state index in [1.165, 1.54) is 0 Å². The zero-order valence-corrected chi connectivity index (χ0v) is 10.1. The molecule has 0 amide bonds. The van der Waals surface area contributed by atoms with E-state index in [9.17, 15) is 0 Å². The minimum absolute atomic E-state index is 0.0702. The lowest BCUT2D eigenvalue weighted by molar-refractivity contribution is -0.0254. The third-order valence-corrected chi connectivity index (χ3v) is 2.96. The molecular weight excluding hydrogens is 260 g/mol. The van der Waals surface area contributed by atoms with Crippen LogP contribution in [0, 0.1) is 0 Å². The molecule has 0 radical (unpaired) electrons. The maximum absolute atomic E-state index is 5.69. The Labute approximate surface area is 96.8 Å². The highest BCUT2D eigenvalue weighted by Crippen LogP contribution is 2.21. The number of rotatable bonds is 1. The SMILES string of the molecule is CN1CCOC(c2ncc(Br)c(N)n2)C1. The van der Waals surface area contributed by atoms with Gasteiger partial charge in [0.1, 0.15) is 11.9 Å². The zero-order chi connectivity index (χ0) is 10.8. The fourth-order valence-electron chi connectivity index (χ4n) is 1.48. The van der Waals surface area contributed by atoms with Gasteiger partial charge in [-0.3, -0.25) is 0 Å². The number of aromatic nitrogens is 2. The number of nitrogens with zero attached hydrogens (tertiary/aromatic N) is 3. The molecule has 0 bridgehead atoms. The Morgan fingerprint density at radius 3 is 3.13 bits per heavy atom. The van der Waals surface area contributed by atoms with Crippen molar-refractivity contribution >= 4 is 21.7 Å². The molecule has 1 unspecified atom stereocenters. The molecular formula is C9H13BrN4O. The van der Waals surface area contributed by atoms with Gasteiger partial charge in [0.05, 0.1) is 11.1 Å². The maximum atomic E-state index is 5.69. The molecule has 1 atom stereocenters. The van der Waals surface area contributed by atoms with Gasteiger partial charge in [0.2, 0.25) is 0 Å². The Morgan fingerprint density at radius 2 is 2.47 bits per heavy atom. The summed E-state index contributed by atoms with van der Waals surface area (Å²) in [4.78, 5) is 10.6. The number of morpholine rings is 1. The van der Waals surface area contributed by atoms with E-state index in [4.69, 9.17) is 10.5 Å². The topological polar surface area (TPSA) is 64.3 Å². The van der Waals surface area contributed by atoms with E-state index in [0.29, 0.717) is 18.2 Å². The molecule has 2 rings (SSSR count). The van der Waals surface area contributed by atoms with E-state index in [1.54, 1.807) is 6.20 Å². The molecule has 0 aliphatic carbocycles. The Hall–Kier alpha value is -0.720. The molecule has 0 spiro atoms. The van der Waals surface area contributed by atoms with Crippen LogP contribution in [0.2, 0.25) is 0 Å². The van der Waals surface area contributed by atoms with E-state index >= 15 is 0 Å². The fourth-order valence-corrected chi connectivity index (χ4v) is 1.67. The van der Waals surface area contributed by atoms with E-state index in [2.05, 4.69) is 37.8 Å². The van der Waals surface area contributed by atoms with Crippen molar-refractivity contribution in [1.29, 1.82) is 0 Å². The summed E-state index contributed by atoms with van der Waals surface area (Å²) >= 11 is 3.26. The van der Waals surface area contributed by atoms with Crippen LogP contribution < -0.4 is 5.73 Å². The highest BCUT2D eigenvalue weighted by molar-refractivity contribution is 9.10. The number of hydrogen-bond donors (Lipinski definition) is 1. The Kier molecular flexibility index (Phi) is 3.18. The van der Waals surface area contributed by atoms with Gasteiger partial charge in [0.25, 0.3) is 0 Å². The second-order valence-corrected chi connectivity index (χ2v) is 4.44. The average molecular weight is 273 g/mol. The standard InChI is InChI=1S/C9H13BrN4O/c1-14-2-3-15-7(5-14)9-12-4-6(10)8(11)13-9/h4,7H,2-3,5H2,1H3,(H2,11,12,13). The van der Waals surface area contributed by atoms with Crippen molar-refractivity contribution in [1.82, 2.24) is 14.9 Å². The van der Waals surface area contributed by atoms with Crippen molar-refractivity contribution < 1.29 is 4.74 Å². The van der Waals surface area contributed by atoms with Crippen LogP contribution in [0.15, 0.2) is 10.7 Å². The summed E-state index contributed by atoms with van der Waals surface area (Å²) in [5, 5.41) is 0. The van der Waals surface area contributed by atoms with Gasteiger partial charge in [0.15, 0.2) is 5.82 Å². The van der Waals surface area contributed by atoms with Gasteiger partial charge in [-0.2, -0.15) is 0 Å². The van der Waals surface area contributed by atoms with Crippen LogP contribution in [-0.4, -0.2) is 41.6 Å². The molecule has 0 saturated carbocycles. The number of halogens is 1. The summed E-state index contributed by atoms with van der Waals surface area (Å²) in [5.41, 5.74) is 5.69. The first kappa shape index (κ1) is 10.8. The van der Waals surface area contributed by atoms with Crippen LogP contribution in [0.25, 0.3) is 0 Å². The number of ether oxygens (including phenoxy) is 1. The third kappa shape index (κ3) is 2.45. The van der Waals surface area contributed by atoms with Gasteiger partial charge in [-0.25, -0.2) is 9.97 Å². The Bertz CT molecular complexity index is 360.